The smallest absolute Gasteiger partial charge is 0.406 e. The van der Waals surface area contributed by atoms with E-state index in [9.17, 15) is 18.0 Å². The van der Waals surface area contributed by atoms with Crippen LogP contribution in [-0.4, -0.2) is 53.3 Å². The van der Waals surface area contributed by atoms with Crippen molar-refractivity contribution in [3.05, 3.63) is 72.6 Å². The molecule has 1 aliphatic heterocycles. The van der Waals surface area contributed by atoms with Crippen molar-refractivity contribution in [1.82, 2.24) is 14.9 Å². The summed E-state index contributed by atoms with van der Waals surface area (Å²) in [5.41, 5.74) is 1.23. The van der Waals surface area contributed by atoms with Crippen LogP contribution in [-0.2, 0) is 0 Å². The van der Waals surface area contributed by atoms with Gasteiger partial charge in [0, 0.05) is 43.5 Å². The Hall–Kier alpha value is -3.82. The molecule has 166 valence electrons. The van der Waals surface area contributed by atoms with Crippen LogP contribution in [0, 0.1) is 0 Å². The van der Waals surface area contributed by atoms with Crippen LogP contribution in [0.1, 0.15) is 10.4 Å². The van der Waals surface area contributed by atoms with E-state index >= 15 is 0 Å². The molecule has 0 spiro atoms. The Morgan fingerprint density at radius 1 is 0.938 bits per heavy atom. The highest BCUT2D eigenvalue weighted by Crippen LogP contribution is 2.25. The van der Waals surface area contributed by atoms with Crippen LogP contribution in [0.25, 0.3) is 0 Å². The highest BCUT2D eigenvalue weighted by Gasteiger charge is 2.31. The van der Waals surface area contributed by atoms with E-state index in [2.05, 4.69) is 24.9 Å². The molecule has 0 saturated carbocycles. The molecule has 0 radical (unpaired) electrons. The molecule has 1 fully saturated rings. The van der Waals surface area contributed by atoms with E-state index in [0.29, 0.717) is 49.1 Å². The lowest BCUT2D eigenvalue weighted by molar-refractivity contribution is -0.274. The van der Waals surface area contributed by atoms with Crippen LogP contribution in [0.15, 0.2) is 67.0 Å². The van der Waals surface area contributed by atoms with Crippen molar-refractivity contribution in [3.63, 3.8) is 0 Å². The predicted octanol–water partition coefficient (Wildman–Crippen LogP) is 4.08. The first-order valence-electron chi connectivity index (χ1n) is 9.91. The number of halogens is 3. The van der Waals surface area contributed by atoms with Crippen molar-refractivity contribution < 1.29 is 22.7 Å². The van der Waals surface area contributed by atoms with Gasteiger partial charge in [0.15, 0.2) is 0 Å². The van der Waals surface area contributed by atoms with E-state index in [4.69, 9.17) is 0 Å². The Morgan fingerprint density at radius 2 is 1.62 bits per heavy atom. The summed E-state index contributed by atoms with van der Waals surface area (Å²) in [5, 5.41) is 3.04. The second-order valence-electron chi connectivity index (χ2n) is 7.10. The topological polar surface area (TPSA) is 70.6 Å². The SMILES string of the molecule is O=C(c1ccccc1)N1CCN(c2cc(Nc3ccc(OC(F)(F)F)cc3)ncn2)CC1. The number of nitrogens with one attached hydrogen (secondary N) is 1. The first-order valence-corrected chi connectivity index (χ1v) is 9.91. The fourth-order valence-electron chi connectivity index (χ4n) is 3.38. The molecule has 2 heterocycles. The van der Waals surface area contributed by atoms with Crippen LogP contribution < -0.4 is 15.0 Å². The van der Waals surface area contributed by atoms with Crippen molar-refractivity contribution in [1.29, 1.82) is 0 Å². The summed E-state index contributed by atoms with van der Waals surface area (Å²) in [6, 6.07) is 16.3. The number of rotatable bonds is 5. The fraction of sp³-hybridized carbons (Fsp3) is 0.227. The second kappa shape index (κ2) is 9.13. The number of hydrogen-bond acceptors (Lipinski definition) is 6. The van der Waals surface area contributed by atoms with Gasteiger partial charge >= 0.3 is 6.36 Å². The van der Waals surface area contributed by atoms with Gasteiger partial charge in [-0.25, -0.2) is 9.97 Å². The molecule has 1 aliphatic rings. The monoisotopic (exact) mass is 443 g/mol. The maximum atomic E-state index is 12.6. The van der Waals surface area contributed by atoms with Crippen molar-refractivity contribution in [2.45, 2.75) is 6.36 Å². The molecule has 32 heavy (non-hydrogen) atoms. The van der Waals surface area contributed by atoms with Gasteiger partial charge in [0.1, 0.15) is 23.7 Å². The van der Waals surface area contributed by atoms with E-state index in [-0.39, 0.29) is 11.7 Å². The van der Waals surface area contributed by atoms with Crippen LogP contribution in [0.4, 0.5) is 30.5 Å². The minimum absolute atomic E-state index is 0.00763. The first-order chi connectivity index (χ1) is 15.4. The van der Waals surface area contributed by atoms with Gasteiger partial charge in [0.2, 0.25) is 0 Å². The third-order valence-corrected chi connectivity index (χ3v) is 4.92. The third-order valence-electron chi connectivity index (χ3n) is 4.92. The summed E-state index contributed by atoms with van der Waals surface area (Å²) >= 11 is 0. The number of alkyl halides is 3. The Kier molecular flexibility index (Phi) is 6.11. The molecule has 10 heteroatoms. The molecule has 1 aromatic heterocycles. The number of amides is 1. The van der Waals surface area contributed by atoms with Crippen molar-refractivity contribution in [2.75, 3.05) is 36.4 Å². The summed E-state index contributed by atoms with van der Waals surface area (Å²) in [7, 11) is 0. The van der Waals surface area contributed by atoms with E-state index in [1.165, 1.54) is 30.6 Å². The second-order valence-corrected chi connectivity index (χ2v) is 7.10. The minimum atomic E-state index is -4.73. The molecule has 0 bridgehead atoms. The lowest BCUT2D eigenvalue weighted by Gasteiger charge is -2.35. The molecule has 0 unspecified atom stereocenters. The van der Waals surface area contributed by atoms with Gasteiger partial charge in [-0.15, -0.1) is 13.2 Å². The zero-order valence-electron chi connectivity index (χ0n) is 16.9. The van der Waals surface area contributed by atoms with Gasteiger partial charge in [-0.3, -0.25) is 4.79 Å². The number of nitrogens with zero attached hydrogens (tertiary/aromatic N) is 4. The minimum Gasteiger partial charge on any atom is -0.406 e. The zero-order valence-corrected chi connectivity index (χ0v) is 16.9. The Balaban J connectivity index is 1.36. The number of carbonyl (C=O) groups is 1. The zero-order chi connectivity index (χ0) is 22.6. The molecule has 4 rings (SSSR count). The quantitative estimate of drug-likeness (QED) is 0.641. The average molecular weight is 443 g/mol. The third kappa shape index (κ3) is 5.45. The largest absolute Gasteiger partial charge is 0.573 e. The molecule has 7 nitrogen and oxygen atoms in total. The van der Waals surface area contributed by atoms with Gasteiger partial charge in [-0.1, -0.05) is 18.2 Å². The maximum Gasteiger partial charge on any atom is 0.573 e. The number of benzene rings is 2. The maximum absolute atomic E-state index is 12.6. The summed E-state index contributed by atoms with van der Waals surface area (Å²) in [6.07, 6.45) is -3.31. The van der Waals surface area contributed by atoms with Gasteiger partial charge in [0.05, 0.1) is 0 Å². The standard InChI is InChI=1S/C22H20F3N5O2/c23-22(24,25)32-18-8-6-17(7-9-18)28-19-14-20(27-15-26-19)29-10-12-30(13-11-29)21(31)16-4-2-1-3-5-16/h1-9,14-15H,10-13H2,(H,26,27,28). The van der Waals surface area contributed by atoms with Gasteiger partial charge in [-0.2, -0.15) is 0 Å². The summed E-state index contributed by atoms with van der Waals surface area (Å²) in [4.78, 5) is 25.0. The molecule has 1 amide bonds. The van der Waals surface area contributed by atoms with Crippen molar-refractivity contribution >= 4 is 23.2 Å². The van der Waals surface area contributed by atoms with E-state index < -0.39 is 6.36 Å². The van der Waals surface area contributed by atoms with E-state index in [1.807, 2.05) is 23.1 Å². The summed E-state index contributed by atoms with van der Waals surface area (Å²) in [5.74, 6) is 0.913. The van der Waals surface area contributed by atoms with Crippen LogP contribution in [0.5, 0.6) is 5.75 Å². The van der Waals surface area contributed by atoms with Gasteiger partial charge in [-0.05, 0) is 36.4 Å². The lowest BCUT2D eigenvalue weighted by Crippen LogP contribution is -2.49. The molecule has 1 saturated heterocycles. The lowest BCUT2D eigenvalue weighted by atomic mass is 10.2. The molecule has 0 aliphatic carbocycles. The fourth-order valence-corrected chi connectivity index (χ4v) is 3.38. The average Bonchev–Trinajstić information content (AvgIpc) is 2.80. The number of piperazine rings is 1. The number of ether oxygens (including phenoxy) is 1. The van der Waals surface area contributed by atoms with E-state index in [0.717, 1.165) is 0 Å². The highest BCUT2D eigenvalue weighted by molar-refractivity contribution is 5.94. The number of hydrogen-bond donors (Lipinski definition) is 1. The number of carbonyl (C=O) groups excluding carboxylic acids is 1. The normalized spacial score (nSPS) is 14.2. The Labute approximate surface area is 182 Å². The number of anilines is 3. The van der Waals surface area contributed by atoms with Crippen LogP contribution in [0.2, 0.25) is 0 Å². The van der Waals surface area contributed by atoms with Crippen LogP contribution >= 0.6 is 0 Å². The Bertz CT molecular complexity index is 1050. The number of aromatic nitrogens is 2. The van der Waals surface area contributed by atoms with Crippen molar-refractivity contribution in [2.24, 2.45) is 0 Å². The summed E-state index contributed by atoms with van der Waals surface area (Å²) < 4.78 is 40.7. The summed E-state index contributed by atoms with van der Waals surface area (Å²) in [6.45, 7) is 2.39. The molecule has 2 aromatic carbocycles. The molecular formula is C22H20F3N5O2. The molecule has 3 aromatic rings. The van der Waals surface area contributed by atoms with Crippen LogP contribution in [0.3, 0.4) is 0 Å². The van der Waals surface area contributed by atoms with Gasteiger partial charge < -0.3 is 19.9 Å². The molecule has 1 N–H and O–H groups in total. The van der Waals surface area contributed by atoms with E-state index in [1.54, 1.807) is 18.2 Å². The first kappa shape index (κ1) is 21.4. The molecular weight excluding hydrogens is 423 g/mol. The van der Waals surface area contributed by atoms with Crippen molar-refractivity contribution in [3.8, 4) is 5.75 Å². The predicted molar refractivity (Wildman–Crippen MR) is 113 cm³/mol. The molecule has 0 atom stereocenters. The highest BCUT2D eigenvalue weighted by atomic mass is 19.4. The Morgan fingerprint density at radius 3 is 2.28 bits per heavy atom. The van der Waals surface area contributed by atoms with Gasteiger partial charge in [0.25, 0.3) is 5.91 Å².